The lowest BCUT2D eigenvalue weighted by atomic mass is 9.57. The van der Waals surface area contributed by atoms with E-state index in [9.17, 15) is 41.9 Å². The zero-order valence-corrected chi connectivity index (χ0v) is 62.2. The summed E-state index contributed by atoms with van der Waals surface area (Å²) in [6, 6.07) is 31.3. The Morgan fingerprint density at radius 1 is 0.407 bits per heavy atom. The van der Waals surface area contributed by atoms with E-state index in [-0.39, 0.29) is 143 Å². The topological polar surface area (TPSA) is 233 Å². The van der Waals surface area contributed by atoms with Crippen molar-refractivity contribution >= 4 is 54.4 Å². The molecular weight excluding hydrogens is 1380 g/mol. The maximum Gasteiger partial charge on any atom is 0.407 e. The predicted octanol–water partition coefficient (Wildman–Crippen LogP) is 16.9. The Labute approximate surface area is 630 Å². The van der Waals surface area contributed by atoms with Gasteiger partial charge in [-0.1, -0.05) is 72.8 Å². The van der Waals surface area contributed by atoms with E-state index in [4.69, 9.17) is 28.4 Å². The van der Waals surface area contributed by atoms with Crippen LogP contribution in [0, 0.1) is 106 Å². The van der Waals surface area contributed by atoms with E-state index < -0.39 is 0 Å². The molecule has 6 heterocycles. The Kier molecular flexibility index (Phi) is 24.6. The first-order valence-corrected chi connectivity index (χ1v) is 38.9. The molecule has 3 aromatic heterocycles. The zero-order chi connectivity index (χ0) is 75.7. The van der Waals surface area contributed by atoms with Gasteiger partial charge in [-0.25, -0.2) is 27.6 Å². The fourth-order valence-electron chi connectivity index (χ4n) is 19.9. The molecule has 21 atom stereocenters. The van der Waals surface area contributed by atoms with Gasteiger partial charge in [-0.3, -0.25) is 29.3 Å². The molecule has 21 heteroatoms. The van der Waals surface area contributed by atoms with Gasteiger partial charge in [-0.05, 0) is 261 Å². The number of alkyl carbamates (subject to hydrolysis) is 3. The SMILES string of the molecule is CCOC(=O)N[C@@H]1CC[C@H]2[C@H](C1)C[C@H]1C(=O)O[C@H](C)[C@@H]1[C@H]2/C=C/c1ccc(-c2cccc(F)c2)cn1.CCOC(=O)N[C@H]1CC[C@@H]2[C@@H](C1)C[C@@H]1C(=O)O[C@@H](C)[C@H]1[C@@H]2/C=C/c1ccc(-c2cccc(F)c2)cn1.CCOC(=O)N[C@H]1CC[C@@H]2[C@@H](C1)C[C@H]1C(=O)O[C@@H](C)[C@@H]1[C@H]2/C=C/c1ccc(-c2cccc(F)c2)cn1. The van der Waals surface area contributed by atoms with Crippen molar-refractivity contribution < 1.29 is 70.4 Å². The number of benzene rings is 3. The average molecular weight is 1480 g/mol. The summed E-state index contributed by atoms with van der Waals surface area (Å²) in [5.41, 5.74) is 7.43. The summed E-state index contributed by atoms with van der Waals surface area (Å²) >= 11 is 0. The Morgan fingerprint density at radius 3 is 0.944 bits per heavy atom. The van der Waals surface area contributed by atoms with E-state index in [1.54, 1.807) is 57.6 Å². The highest BCUT2D eigenvalue weighted by atomic mass is 19.1. The largest absolute Gasteiger partial charge is 0.462 e. The van der Waals surface area contributed by atoms with Crippen LogP contribution in [0.15, 0.2) is 146 Å². The molecule has 3 N–H and O–H groups in total. The number of cyclic esters (lactones) is 3. The average Bonchev–Trinajstić information content (AvgIpc) is 1.54. The monoisotopic (exact) mass is 1480 g/mol. The molecule has 6 saturated carbocycles. The van der Waals surface area contributed by atoms with Crippen molar-refractivity contribution in [1.29, 1.82) is 0 Å². The van der Waals surface area contributed by atoms with Gasteiger partial charge in [0.25, 0.3) is 0 Å². The van der Waals surface area contributed by atoms with E-state index in [1.807, 2.05) is 93.6 Å². The highest BCUT2D eigenvalue weighted by Gasteiger charge is 2.58. The van der Waals surface area contributed by atoms with Crippen molar-refractivity contribution in [2.24, 2.45) is 88.8 Å². The number of amides is 3. The highest BCUT2D eigenvalue weighted by Crippen LogP contribution is 2.57. The summed E-state index contributed by atoms with van der Waals surface area (Å²) in [5, 5.41) is 9.00. The number of pyridine rings is 3. The number of halogens is 3. The van der Waals surface area contributed by atoms with Crippen molar-refractivity contribution in [2.45, 2.75) is 155 Å². The molecular formula is C87H99F3N6O12. The van der Waals surface area contributed by atoms with E-state index >= 15 is 0 Å². The van der Waals surface area contributed by atoms with Crippen molar-refractivity contribution in [3.63, 3.8) is 0 Å². The molecule has 0 spiro atoms. The Morgan fingerprint density at radius 2 is 0.694 bits per heavy atom. The number of carbonyl (C=O) groups is 6. The van der Waals surface area contributed by atoms with Gasteiger partial charge in [-0.2, -0.15) is 0 Å². The number of fused-ring (bicyclic) bond motifs is 6. The minimum absolute atomic E-state index is 0.0679. The van der Waals surface area contributed by atoms with Gasteiger partial charge < -0.3 is 44.4 Å². The predicted molar refractivity (Wildman–Crippen MR) is 402 cm³/mol. The summed E-state index contributed by atoms with van der Waals surface area (Å²) in [7, 11) is 0. The van der Waals surface area contributed by atoms with Crippen LogP contribution in [0.1, 0.15) is 136 Å². The summed E-state index contributed by atoms with van der Waals surface area (Å²) in [5.74, 6) is 1.89. The molecule has 6 aromatic rings. The zero-order valence-electron chi connectivity index (χ0n) is 62.2. The number of nitrogens with one attached hydrogen (secondary N) is 3. The maximum absolute atomic E-state index is 13.6. The molecule has 9 aliphatic rings. The Bertz CT molecular complexity index is 3830. The minimum Gasteiger partial charge on any atom is -0.462 e. The number of esters is 3. The van der Waals surface area contributed by atoms with Crippen LogP contribution in [-0.4, -0.2) is 107 Å². The van der Waals surface area contributed by atoms with Gasteiger partial charge in [-0.15, -0.1) is 0 Å². The number of allylic oxidation sites excluding steroid dienone is 3. The number of aromatic nitrogens is 3. The lowest BCUT2D eigenvalue weighted by Gasteiger charge is -2.47. The molecule has 9 fully saturated rings. The number of ether oxygens (including phenoxy) is 6. The minimum atomic E-state index is -0.368. The number of hydrogen-bond donors (Lipinski definition) is 3. The first kappa shape index (κ1) is 76.5. The molecule has 0 unspecified atom stereocenters. The molecule has 0 radical (unpaired) electrons. The molecule has 3 aromatic carbocycles. The lowest BCUT2D eigenvalue weighted by Crippen LogP contribution is -2.48. The summed E-state index contributed by atoms with van der Waals surface area (Å²) in [6.45, 7) is 12.5. The molecule has 108 heavy (non-hydrogen) atoms. The van der Waals surface area contributed by atoms with E-state index in [1.165, 1.54) is 36.4 Å². The second kappa shape index (κ2) is 34.7. The third-order valence-electron chi connectivity index (χ3n) is 24.5. The number of nitrogens with zero attached hydrogens (tertiary/aromatic N) is 3. The highest BCUT2D eigenvalue weighted by molar-refractivity contribution is 5.78. The van der Waals surface area contributed by atoms with E-state index in [0.717, 1.165) is 128 Å². The smallest absolute Gasteiger partial charge is 0.407 e. The number of hydrogen-bond acceptors (Lipinski definition) is 15. The Balaban J connectivity index is 0.000000143. The van der Waals surface area contributed by atoms with Crippen molar-refractivity contribution in [3.05, 3.63) is 181 Å². The summed E-state index contributed by atoms with van der Waals surface area (Å²) < 4.78 is 73.0. The molecule has 3 amide bonds. The third-order valence-corrected chi connectivity index (χ3v) is 24.5. The summed E-state index contributed by atoms with van der Waals surface area (Å²) in [6.07, 6.45) is 27.2. The fourth-order valence-corrected chi connectivity index (χ4v) is 19.9. The fraction of sp³-hybridized carbons (Fsp3) is 0.483. The molecule has 15 rings (SSSR count). The summed E-state index contributed by atoms with van der Waals surface area (Å²) in [4.78, 5) is 87.7. The van der Waals surface area contributed by atoms with Crippen LogP contribution >= 0.6 is 0 Å². The standard InChI is InChI=1S/3C29H33FN2O4/c3*1-3-35-29(34)32-23-10-11-24-20(14-23)15-26-27(17(2)36-28(26)33)25(24)12-9-22-8-7-19(16-31-22)18-5-4-6-21(30)13-18/h3*4-9,12-13,16-17,20,23-27H,3,10-11,14-15H2,1-2H3,(H,32,34)/b3*12-9+/t2*17-,20-,23-,24+,25+,26-,27-;17-,20-,23-,24+,25-,26+,27+/m100/s1. The van der Waals surface area contributed by atoms with Gasteiger partial charge in [0.2, 0.25) is 0 Å². The van der Waals surface area contributed by atoms with Crippen LogP contribution in [0.25, 0.3) is 51.6 Å². The first-order valence-electron chi connectivity index (χ1n) is 38.9. The second-order valence-electron chi connectivity index (χ2n) is 30.8. The van der Waals surface area contributed by atoms with Crippen LogP contribution < -0.4 is 16.0 Å². The normalized spacial score (nSPS) is 31.4. The number of carbonyl (C=O) groups excluding carboxylic acids is 6. The molecule has 6 aliphatic carbocycles. The van der Waals surface area contributed by atoms with E-state index in [0.29, 0.717) is 55.3 Å². The van der Waals surface area contributed by atoms with Crippen molar-refractivity contribution in [2.75, 3.05) is 19.8 Å². The molecule has 570 valence electrons. The maximum atomic E-state index is 13.6. The molecule has 18 nitrogen and oxygen atoms in total. The van der Waals surface area contributed by atoms with Crippen molar-refractivity contribution in [3.8, 4) is 33.4 Å². The van der Waals surface area contributed by atoms with Gasteiger partial charge in [0.1, 0.15) is 35.8 Å². The van der Waals surface area contributed by atoms with Gasteiger partial charge >= 0.3 is 36.2 Å². The van der Waals surface area contributed by atoms with Crippen LogP contribution in [0.5, 0.6) is 0 Å². The first-order chi connectivity index (χ1) is 52.3. The van der Waals surface area contributed by atoms with Crippen LogP contribution in [0.2, 0.25) is 0 Å². The Hall–Kier alpha value is -9.66. The lowest BCUT2D eigenvalue weighted by molar-refractivity contribution is -0.145. The molecule has 0 bridgehead atoms. The van der Waals surface area contributed by atoms with Crippen LogP contribution in [-0.2, 0) is 42.8 Å². The quantitative estimate of drug-likeness (QED) is 0.0641. The third kappa shape index (κ3) is 17.9. The number of rotatable bonds is 15. The van der Waals surface area contributed by atoms with Crippen LogP contribution in [0.3, 0.4) is 0 Å². The molecule has 3 saturated heterocycles. The van der Waals surface area contributed by atoms with E-state index in [2.05, 4.69) is 49.1 Å². The molecule has 3 aliphatic heterocycles. The van der Waals surface area contributed by atoms with Crippen molar-refractivity contribution in [1.82, 2.24) is 30.9 Å². The van der Waals surface area contributed by atoms with Crippen LogP contribution in [0.4, 0.5) is 27.6 Å². The van der Waals surface area contributed by atoms with Gasteiger partial charge in [0.05, 0.1) is 54.7 Å². The van der Waals surface area contributed by atoms with Gasteiger partial charge in [0.15, 0.2) is 0 Å². The second-order valence-corrected chi connectivity index (χ2v) is 30.8. The van der Waals surface area contributed by atoms with Gasteiger partial charge in [0, 0.05) is 71.2 Å².